The summed E-state index contributed by atoms with van der Waals surface area (Å²) in [6.07, 6.45) is -4.49. The molecule has 0 aliphatic heterocycles. The standard InChI is InChI=1S/C16H14F3N3O2.ClH/c17-16(18,19)11-4-2-6-13(8-11)22-15(24)10-3-1-5-12(7-10)21-14(23)9-20;/h1-8H,9,20H2,(H,21,23)(H,22,24);1H. The highest BCUT2D eigenvalue weighted by Crippen LogP contribution is 2.30. The van der Waals surface area contributed by atoms with Crippen LogP contribution in [0.2, 0.25) is 0 Å². The Morgan fingerprint density at radius 2 is 1.56 bits per heavy atom. The number of anilines is 2. The highest BCUT2D eigenvalue weighted by atomic mass is 35.5. The third-order valence-corrected chi connectivity index (χ3v) is 3.04. The molecule has 2 amide bonds. The smallest absolute Gasteiger partial charge is 0.325 e. The Bertz CT molecular complexity index is 766. The summed E-state index contributed by atoms with van der Waals surface area (Å²) in [5, 5.41) is 4.88. The zero-order valence-electron chi connectivity index (χ0n) is 12.8. The van der Waals surface area contributed by atoms with E-state index in [0.29, 0.717) is 5.69 Å². The van der Waals surface area contributed by atoms with Gasteiger partial charge in [0.25, 0.3) is 5.91 Å². The van der Waals surface area contributed by atoms with Crippen molar-refractivity contribution in [2.24, 2.45) is 5.73 Å². The summed E-state index contributed by atoms with van der Waals surface area (Å²) in [6.45, 7) is -0.208. The van der Waals surface area contributed by atoms with Crippen LogP contribution in [0.25, 0.3) is 0 Å². The zero-order chi connectivity index (χ0) is 17.7. The Morgan fingerprint density at radius 3 is 2.16 bits per heavy atom. The van der Waals surface area contributed by atoms with Crippen LogP contribution in [0.5, 0.6) is 0 Å². The van der Waals surface area contributed by atoms with Gasteiger partial charge >= 0.3 is 6.18 Å². The molecule has 5 nitrogen and oxygen atoms in total. The van der Waals surface area contributed by atoms with E-state index in [0.717, 1.165) is 12.1 Å². The molecule has 0 aromatic heterocycles. The lowest BCUT2D eigenvalue weighted by atomic mass is 10.1. The minimum Gasteiger partial charge on any atom is -0.325 e. The van der Waals surface area contributed by atoms with Crippen molar-refractivity contribution in [2.75, 3.05) is 17.2 Å². The molecule has 0 radical (unpaired) electrons. The molecule has 0 saturated carbocycles. The Balaban J connectivity index is 0.00000312. The largest absolute Gasteiger partial charge is 0.416 e. The third-order valence-electron chi connectivity index (χ3n) is 3.04. The number of nitrogens with two attached hydrogens (primary N) is 1. The first-order chi connectivity index (χ1) is 11.3. The Labute approximate surface area is 147 Å². The number of nitrogens with one attached hydrogen (secondary N) is 2. The van der Waals surface area contributed by atoms with E-state index in [-0.39, 0.29) is 30.2 Å². The molecule has 0 atom stereocenters. The molecule has 134 valence electrons. The van der Waals surface area contributed by atoms with E-state index in [2.05, 4.69) is 10.6 Å². The molecule has 2 aromatic carbocycles. The van der Waals surface area contributed by atoms with E-state index in [1.54, 1.807) is 6.07 Å². The van der Waals surface area contributed by atoms with Crippen molar-refractivity contribution in [2.45, 2.75) is 6.18 Å². The number of hydrogen-bond donors (Lipinski definition) is 3. The molecule has 4 N–H and O–H groups in total. The molecule has 2 rings (SSSR count). The minimum absolute atomic E-state index is 0. The quantitative estimate of drug-likeness (QED) is 0.769. The molecule has 0 heterocycles. The SMILES string of the molecule is Cl.NCC(=O)Nc1cccc(C(=O)Nc2cccc(C(F)(F)F)c2)c1. The first kappa shape index (κ1) is 20.5. The normalized spacial score (nSPS) is 10.6. The summed E-state index contributed by atoms with van der Waals surface area (Å²) in [4.78, 5) is 23.4. The highest BCUT2D eigenvalue weighted by molar-refractivity contribution is 6.05. The molecule has 0 fully saturated rings. The molecule has 0 aliphatic rings. The predicted octanol–water partition coefficient (Wildman–Crippen LogP) is 3.28. The molecule has 2 aromatic rings. The fraction of sp³-hybridized carbons (Fsp3) is 0.125. The number of alkyl halides is 3. The maximum Gasteiger partial charge on any atom is 0.416 e. The van der Waals surface area contributed by atoms with Crippen molar-refractivity contribution < 1.29 is 22.8 Å². The number of carbonyl (C=O) groups excluding carboxylic acids is 2. The Hall–Kier alpha value is -2.58. The average Bonchev–Trinajstić information content (AvgIpc) is 2.54. The van der Waals surface area contributed by atoms with E-state index in [1.165, 1.54) is 30.3 Å². The molecule has 0 unspecified atom stereocenters. The van der Waals surface area contributed by atoms with Crippen molar-refractivity contribution in [3.63, 3.8) is 0 Å². The van der Waals surface area contributed by atoms with Gasteiger partial charge in [-0.2, -0.15) is 13.2 Å². The molecule has 25 heavy (non-hydrogen) atoms. The average molecular weight is 374 g/mol. The fourth-order valence-corrected chi connectivity index (χ4v) is 1.93. The second-order valence-electron chi connectivity index (χ2n) is 4.87. The number of amides is 2. The summed E-state index contributed by atoms with van der Waals surface area (Å²) < 4.78 is 38.0. The van der Waals surface area contributed by atoms with Gasteiger partial charge in [-0.1, -0.05) is 12.1 Å². The van der Waals surface area contributed by atoms with E-state index in [1.807, 2.05) is 0 Å². The molecule has 9 heteroatoms. The maximum absolute atomic E-state index is 12.7. The van der Waals surface area contributed by atoms with Gasteiger partial charge in [0, 0.05) is 16.9 Å². The van der Waals surface area contributed by atoms with Crippen LogP contribution in [0.1, 0.15) is 15.9 Å². The fourth-order valence-electron chi connectivity index (χ4n) is 1.93. The van der Waals surface area contributed by atoms with Gasteiger partial charge < -0.3 is 16.4 Å². The van der Waals surface area contributed by atoms with Crippen LogP contribution >= 0.6 is 12.4 Å². The molecule has 0 saturated heterocycles. The van der Waals surface area contributed by atoms with Gasteiger partial charge in [-0.15, -0.1) is 12.4 Å². The van der Waals surface area contributed by atoms with Crippen molar-refractivity contribution in [3.8, 4) is 0 Å². The molecule has 0 aliphatic carbocycles. The Morgan fingerprint density at radius 1 is 0.960 bits per heavy atom. The molecule has 0 spiro atoms. The van der Waals surface area contributed by atoms with Gasteiger partial charge in [-0.3, -0.25) is 9.59 Å². The number of benzene rings is 2. The van der Waals surface area contributed by atoms with Gasteiger partial charge in [0.05, 0.1) is 12.1 Å². The molecular formula is C16H15ClF3N3O2. The van der Waals surface area contributed by atoms with Gasteiger partial charge in [0.15, 0.2) is 0 Å². The van der Waals surface area contributed by atoms with Crippen molar-refractivity contribution in [1.29, 1.82) is 0 Å². The van der Waals surface area contributed by atoms with Crippen LogP contribution in [0.4, 0.5) is 24.5 Å². The second-order valence-corrected chi connectivity index (χ2v) is 4.87. The lowest BCUT2D eigenvalue weighted by Crippen LogP contribution is -2.22. The van der Waals surface area contributed by atoms with Crippen LogP contribution in [0.15, 0.2) is 48.5 Å². The van der Waals surface area contributed by atoms with Gasteiger partial charge in [-0.25, -0.2) is 0 Å². The van der Waals surface area contributed by atoms with Crippen LogP contribution in [-0.2, 0) is 11.0 Å². The summed E-state index contributed by atoms with van der Waals surface area (Å²) in [5.74, 6) is -1.02. The predicted molar refractivity (Wildman–Crippen MR) is 90.8 cm³/mol. The van der Waals surface area contributed by atoms with E-state index in [4.69, 9.17) is 5.73 Å². The van der Waals surface area contributed by atoms with Gasteiger partial charge in [-0.05, 0) is 36.4 Å². The zero-order valence-corrected chi connectivity index (χ0v) is 13.6. The number of carbonyl (C=O) groups is 2. The monoisotopic (exact) mass is 373 g/mol. The lowest BCUT2D eigenvalue weighted by Gasteiger charge is -2.10. The van der Waals surface area contributed by atoms with E-state index < -0.39 is 23.6 Å². The maximum atomic E-state index is 12.7. The lowest BCUT2D eigenvalue weighted by molar-refractivity contribution is -0.137. The van der Waals surface area contributed by atoms with Gasteiger partial charge in [0.1, 0.15) is 0 Å². The van der Waals surface area contributed by atoms with Gasteiger partial charge in [0.2, 0.25) is 5.91 Å². The summed E-state index contributed by atoms with van der Waals surface area (Å²) in [6, 6.07) is 10.3. The molecule has 0 bridgehead atoms. The van der Waals surface area contributed by atoms with Crippen LogP contribution in [0, 0.1) is 0 Å². The summed E-state index contributed by atoms with van der Waals surface area (Å²) >= 11 is 0. The number of rotatable bonds is 4. The van der Waals surface area contributed by atoms with Crippen LogP contribution < -0.4 is 16.4 Å². The third kappa shape index (κ3) is 5.77. The topological polar surface area (TPSA) is 84.2 Å². The number of hydrogen-bond acceptors (Lipinski definition) is 3. The van der Waals surface area contributed by atoms with Crippen molar-refractivity contribution in [1.82, 2.24) is 0 Å². The van der Waals surface area contributed by atoms with Crippen LogP contribution in [-0.4, -0.2) is 18.4 Å². The number of halogens is 4. The van der Waals surface area contributed by atoms with E-state index in [9.17, 15) is 22.8 Å². The van der Waals surface area contributed by atoms with Crippen molar-refractivity contribution >= 4 is 35.6 Å². The van der Waals surface area contributed by atoms with E-state index >= 15 is 0 Å². The van der Waals surface area contributed by atoms with Crippen LogP contribution in [0.3, 0.4) is 0 Å². The first-order valence-corrected chi connectivity index (χ1v) is 6.88. The Kier molecular flexibility index (Phi) is 6.96. The summed E-state index contributed by atoms with van der Waals surface area (Å²) in [5.41, 5.74) is 4.89. The second kappa shape index (κ2) is 8.50. The molecular weight excluding hydrogens is 359 g/mol. The highest BCUT2D eigenvalue weighted by Gasteiger charge is 2.30. The summed E-state index contributed by atoms with van der Waals surface area (Å²) in [7, 11) is 0. The first-order valence-electron chi connectivity index (χ1n) is 6.88. The van der Waals surface area contributed by atoms with Crippen molar-refractivity contribution in [3.05, 3.63) is 59.7 Å². The minimum atomic E-state index is -4.49.